The summed E-state index contributed by atoms with van der Waals surface area (Å²) < 4.78 is 0. The van der Waals surface area contributed by atoms with Crippen molar-refractivity contribution in [3.63, 3.8) is 0 Å². The molecule has 2 aromatic rings. The molecule has 1 heteroatoms. The van der Waals surface area contributed by atoms with Crippen LogP contribution in [0.2, 0.25) is 0 Å². The molecule has 0 bridgehead atoms. The lowest BCUT2D eigenvalue weighted by Gasteiger charge is -2.24. The van der Waals surface area contributed by atoms with E-state index in [9.17, 15) is 0 Å². The third-order valence-corrected chi connectivity index (χ3v) is 5.47. The second kappa shape index (κ2) is 5.32. The fourth-order valence-corrected chi connectivity index (χ4v) is 4.13. The molecule has 0 aromatic heterocycles. The van der Waals surface area contributed by atoms with Gasteiger partial charge in [-0.3, -0.25) is 4.90 Å². The number of hydrogen-bond donors (Lipinski definition) is 1. The van der Waals surface area contributed by atoms with E-state index < -0.39 is 0 Å². The van der Waals surface area contributed by atoms with Gasteiger partial charge >= 0.3 is 0 Å². The number of fused-ring (bicyclic) bond motifs is 3. The third kappa shape index (κ3) is 2.20. The summed E-state index contributed by atoms with van der Waals surface area (Å²) in [7, 11) is 0. The Bertz CT molecular complexity index is 907. The van der Waals surface area contributed by atoms with Crippen LogP contribution in [0.1, 0.15) is 42.1 Å². The van der Waals surface area contributed by atoms with E-state index in [1.165, 1.54) is 55.1 Å². The summed E-state index contributed by atoms with van der Waals surface area (Å²) in [6.07, 6.45) is 4.48. The monoisotopic (exact) mass is 314 g/mol. The Morgan fingerprint density at radius 2 is 1.58 bits per heavy atom. The molecule has 0 fully saturated rings. The highest BCUT2D eigenvalue weighted by Crippen LogP contribution is 2.37. The predicted molar refractivity (Wildman–Crippen MR) is 102 cm³/mol. The van der Waals surface area contributed by atoms with Gasteiger partial charge in [0.2, 0.25) is 0 Å². The summed E-state index contributed by atoms with van der Waals surface area (Å²) >= 11 is 0. The molecular weight excluding hydrogens is 290 g/mol. The van der Waals surface area contributed by atoms with Crippen LogP contribution in [-0.2, 0) is 0 Å². The minimum Gasteiger partial charge on any atom is -0.267 e. The van der Waals surface area contributed by atoms with E-state index in [-0.39, 0.29) is 0 Å². The second-order valence-electron chi connectivity index (χ2n) is 7.24. The van der Waals surface area contributed by atoms with Crippen LogP contribution < -0.4 is 4.90 Å². The highest BCUT2D eigenvalue weighted by atomic mass is 15.2. The van der Waals surface area contributed by atoms with Gasteiger partial charge in [-0.1, -0.05) is 35.4 Å². The number of hydrogen-bond acceptors (Lipinski definition) is 0. The number of quaternary nitrogens is 1. The molecule has 0 spiro atoms. The van der Waals surface area contributed by atoms with Crippen LogP contribution in [0.5, 0.6) is 0 Å². The molecule has 0 saturated heterocycles. The molecule has 2 aromatic carbocycles. The van der Waals surface area contributed by atoms with Crippen LogP contribution in [0.25, 0.3) is 16.8 Å². The average Bonchev–Trinajstić information content (AvgIpc) is 2.83. The van der Waals surface area contributed by atoms with Gasteiger partial charge in [0.25, 0.3) is 0 Å². The Labute approximate surface area is 144 Å². The second-order valence-corrected chi connectivity index (χ2v) is 7.24. The topological polar surface area (TPSA) is 4.44 Å². The number of aryl methyl sites for hydroxylation is 2. The summed E-state index contributed by atoms with van der Waals surface area (Å²) in [6, 6.07) is 14.0. The maximum atomic E-state index is 4.36. The van der Waals surface area contributed by atoms with Crippen LogP contribution in [0.15, 0.2) is 66.4 Å². The zero-order valence-electron chi connectivity index (χ0n) is 14.9. The molecule has 4 rings (SSSR count). The van der Waals surface area contributed by atoms with Gasteiger partial charge in [0.1, 0.15) is 17.9 Å². The number of benzene rings is 2. The molecule has 24 heavy (non-hydrogen) atoms. The number of allylic oxidation sites excluding steroid dienone is 2. The first-order valence-electron chi connectivity index (χ1n) is 8.60. The van der Waals surface area contributed by atoms with Crippen molar-refractivity contribution in [2.45, 2.75) is 33.7 Å². The van der Waals surface area contributed by atoms with E-state index >= 15 is 0 Å². The van der Waals surface area contributed by atoms with Crippen LogP contribution in [0.3, 0.4) is 0 Å². The first-order chi connectivity index (χ1) is 11.5. The standard InChI is InChI=1S/C23H23N/c1-14-10-15(2)12-20(11-14)19-6-7-21-18(5)24-9-8-16(3)17(4)23(24)22(21)13-19/h6-13,23H,5H2,1-4H3/p+1. The van der Waals surface area contributed by atoms with E-state index in [4.69, 9.17) is 0 Å². The largest absolute Gasteiger partial charge is 0.267 e. The SMILES string of the molecule is C=C1c2ccc(-c3cc(C)cc(C)c3)cc2C2C(C)=C(C)C=C[NH+]12. The molecule has 1 N–H and O–H groups in total. The molecule has 1 nitrogen and oxygen atoms in total. The van der Waals surface area contributed by atoms with Crippen molar-refractivity contribution in [1.29, 1.82) is 0 Å². The van der Waals surface area contributed by atoms with Crippen molar-refractivity contribution in [3.8, 4) is 11.1 Å². The molecule has 0 aliphatic carbocycles. The van der Waals surface area contributed by atoms with E-state index in [1.54, 1.807) is 0 Å². The molecule has 2 unspecified atom stereocenters. The highest BCUT2D eigenvalue weighted by molar-refractivity contribution is 5.73. The van der Waals surface area contributed by atoms with Gasteiger partial charge in [-0.2, -0.15) is 0 Å². The first kappa shape index (κ1) is 15.2. The van der Waals surface area contributed by atoms with Crippen molar-refractivity contribution in [1.82, 2.24) is 0 Å². The average molecular weight is 314 g/mol. The molecule has 2 aliphatic rings. The molecule has 0 saturated carbocycles. The minimum absolute atomic E-state index is 0.378. The molecule has 2 aliphatic heterocycles. The van der Waals surface area contributed by atoms with E-state index in [2.05, 4.69) is 82.9 Å². The van der Waals surface area contributed by atoms with Gasteiger partial charge in [0.05, 0.1) is 0 Å². The quantitative estimate of drug-likeness (QED) is 0.775. The smallest absolute Gasteiger partial charge is 0.145 e. The summed E-state index contributed by atoms with van der Waals surface area (Å²) in [6.45, 7) is 13.2. The Morgan fingerprint density at radius 1 is 0.875 bits per heavy atom. The molecule has 2 heterocycles. The third-order valence-electron chi connectivity index (χ3n) is 5.47. The van der Waals surface area contributed by atoms with Crippen molar-refractivity contribution >= 4 is 5.70 Å². The molecule has 0 radical (unpaired) electrons. The Hall–Kier alpha value is -2.38. The lowest BCUT2D eigenvalue weighted by Crippen LogP contribution is -3.03. The van der Waals surface area contributed by atoms with Crippen molar-refractivity contribution < 1.29 is 4.90 Å². The lowest BCUT2D eigenvalue weighted by molar-refractivity contribution is -0.793. The molecule has 2 atom stereocenters. The van der Waals surface area contributed by atoms with E-state index in [0.29, 0.717) is 6.04 Å². The lowest BCUT2D eigenvalue weighted by atomic mass is 9.91. The van der Waals surface area contributed by atoms with Crippen LogP contribution in [0, 0.1) is 13.8 Å². The summed E-state index contributed by atoms with van der Waals surface area (Å²) in [4.78, 5) is 1.37. The number of nitrogens with one attached hydrogen (secondary N) is 1. The van der Waals surface area contributed by atoms with Gasteiger partial charge in [-0.15, -0.1) is 0 Å². The zero-order valence-corrected chi connectivity index (χ0v) is 14.9. The van der Waals surface area contributed by atoms with Gasteiger partial charge in [-0.05, 0) is 74.8 Å². The molecule has 120 valence electrons. The maximum Gasteiger partial charge on any atom is 0.145 e. The number of rotatable bonds is 1. The van der Waals surface area contributed by atoms with Gasteiger partial charge in [0, 0.05) is 11.1 Å². The van der Waals surface area contributed by atoms with Crippen molar-refractivity contribution in [3.05, 3.63) is 88.7 Å². The van der Waals surface area contributed by atoms with Crippen molar-refractivity contribution in [2.75, 3.05) is 0 Å². The zero-order chi connectivity index (χ0) is 17.0. The van der Waals surface area contributed by atoms with Gasteiger partial charge in [0.15, 0.2) is 0 Å². The maximum absolute atomic E-state index is 4.36. The van der Waals surface area contributed by atoms with E-state index in [0.717, 1.165) is 0 Å². The van der Waals surface area contributed by atoms with Gasteiger partial charge < -0.3 is 0 Å². The predicted octanol–water partition coefficient (Wildman–Crippen LogP) is 4.74. The highest BCUT2D eigenvalue weighted by Gasteiger charge is 2.40. The van der Waals surface area contributed by atoms with Crippen LogP contribution in [0.4, 0.5) is 0 Å². The van der Waals surface area contributed by atoms with E-state index in [1.807, 2.05) is 0 Å². The molecule has 0 amide bonds. The normalized spacial score (nSPS) is 21.9. The summed E-state index contributed by atoms with van der Waals surface area (Å²) in [5.74, 6) is 0. The Balaban J connectivity index is 1.88. The summed E-state index contributed by atoms with van der Waals surface area (Å²) in [5, 5.41) is 0. The first-order valence-corrected chi connectivity index (χ1v) is 8.60. The van der Waals surface area contributed by atoms with Crippen LogP contribution >= 0.6 is 0 Å². The van der Waals surface area contributed by atoms with Crippen molar-refractivity contribution in [2.24, 2.45) is 0 Å². The molecular formula is C23H24N+. The Kier molecular flexibility index (Phi) is 3.36. The van der Waals surface area contributed by atoms with Gasteiger partial charge in [-0.25, -0.2) is 0 Å². The Morgan fingerprint density at radius 3 is 2.29 bits per heavy atom. The fraction of sp³-hybridized carbons (Fsp3) is 0.217. The van der Waals surface area contributed by atoms with Crippen LogP contribution in [-0.4, -0.2) is 0 Å². The summed E-state index contributed by atoms with van der Waals surface area (Å²) in [5.41, 5.74) is 12.0. The fourth-order valence-electron chi connectivity index (χ4n) is 4.13. The minimum atomic E-state index is 0.378.